The van der Waals surface area contributed by atoms with E-state index in [2.05, 4.69) is 15.5 Å². The van der Waals surface area contributed by atoms with E-state index in [1.54, 1.807) is 0 Å². The van der Waals surface area contributed by atoms with Crippen LogP contribution >= 0.6 is 23.2 Å². The van der Waals surface area contributed by atoms with Gasteiger partial charge in [0.05, 0.1) is 16.3 Å². The summed E-state index contributed by atoms with van der Waals surface area (Å²) in [7, 11) is 0. The molecule has 0 amide bonds. The Kier molecular flexibility index (Phi) is 4.39. The van der Waals surface area contributed by atoms with Crippen molar-refractivity contribution >= 4 is 34.9 Å². The van der Waals surface area contributed by atoms with E-state index in [-0.39, 0.29) is 28.5 Å². The number of aryl methyl sites for hydroxylation is 1. The molecule has 108 valence electrons. The molecule has 0 saturated heterocycles. The highest BCUT2D eigenvalue weighted by molar-refractivity contribution is 6.33. The zero-order valence-electron chi connectivity index (χ0n) is 9.84. The monoisotopic (exact) mass is 325 g/mol. The average molecular weight is 326 g/mol. The van der Waals surface area contributed by atoms with Gasteiger partial charge >= 0.3 is 12.2 Å². The standard InChI is InChI=1S/C11H8Cl2F3N3O/c12-5-4-8-18-19-10(20-8)17-9-6(11(14,15)16)2-1-3-7(9)13/h1-3H,4-5H2,(H,17,19). The molecule has 0 aliphatic heterocycles. The zero-order valence-corrected chi connectivity index (χ0v) is 11.4. The third kappa shape index (κ3) is 3.34. The van der Waals surface area contributed by atoms with Gasteiger partial charge in [0.25, 0.3) is 0 Å². The van der Waals surface area contributed by atoms with Crippen molar-refractivity contribution in [2.24, 2.45) is 0 Å². The zero-order chi connectivity index (χ0) is 14.8. The van der Waals surface area contributed by atoms with E-state index in [0.717, 1.165) is 6.07 Å². The van der Waals surface area contributed by atoms with E-state index < -0.39 is 11.7 Å². The Labute approximate surface area is 121 Å². The average Bonchev–Trinajstić information content (AvgIpc) is 2.78. The van der Waals surface area contributed by atoms with E-state index in [1.165, 1.54) is 12.1 Å². The second-order valence-electron chi connectivity index (χ2n) is 3.73. The van der Waals surface area contributed by atoms with Crippen LogP contribution in [0.15, 0.2) is 22.6 Å². The summed E-state index contributed by atoms with van der Waals surface area (Å²) in [6.07, 6.45) is -4.23. The van der Waals surface area contributed by atoms with Gasteiger partial charge in [0.2, 0.25) is 5.89 Å². The summed E-state index contributed by atoms with van der Waals surface area (Å²) in [5.74, 6) is 0.491. The number of nitrogens with one attached hydrogen (secondary N) is 1. The highest BCUT2D eigenvalue weighted by Crippen LogP contribution is 2.39. The Morgan fingerprint density at radius 3 is 2.65 bits per heavy atom. The molecular weight excluding hydrogens is 318 g/mol. The Hall–Kier alpha value is -1.47. The van der Waals surface area contributed by atoms with Gasteiger partial charge in [0.1, 0.15) is 0 Å². The third-order valence-electron chi connectivity index (χ3n) is 2.33. The largest absolute Gasteiger partial charge is 0.418 e. The molecule has 0 saturated carbocycles. The summed E-state index contributed by atoms with van der Waals surface area (Å²) in [6, 6.07) is 3.27. The fraction of sp³-hybridized carbons (Fsp3) is 0.273. The van der Waals surface area contributed by atoms with Crippen molar-refractivity contribution < 1.29 is 17.6 Å². The molecule has 0 fully saturated rings. The molecule has 1 N–H and O–H groups in total. The maximum atomic E-state index is 12.9. The van der Waals surface area contributed by atoms with Crippen LogP contribution in [-0.4, -0.2) is 16.1 Å². The van der Waals surface area contributed by atoms with Gasteiger partial charge in [-0.05, 0) is 12.1 Å². The van der Waals surface area contributed by atoms with Crippen LogP contribution in [0.25, 0.3) is 0 Å². The molecule has 1 aromatic heterocycles. The summed E-state index contributed by atoms with van der Waals surface area (Å²) in [5, 5.41) is 9.51. The van der Waals surface area contributed by atoms with Crippen LogP contribution in [0.2, 0.25) is 5.02 Å². The lowest BCUT2D eigenvalue weighted by Gasteiger charge is -2.13. The lowest BCUT2D eigenvalue weighted by molar-refractivity contribution is -0.136. The van der Waals surface area contributed by atoms with Gasteiger partial charge in [0, 0.05) is 12.3 Å². The fourth-order valence-electron chi connectivity index (χ4n) is 1.48. The molecule has 1 aromatic carbocycles. The number of aromatic nitrogens is 2. The highest BCUT2D eigenvalue weighted by Gasteiger charge is 2.34. The first-order valence-electron chi connectivity index (χ1n) is 5.43. The minimum atomic E-state index is -4.55. The van der Waals surface area contributed by atoms with E-state index in [1.807, 2.05) is 0 Å². The van der Waals surface area contributed by atoms with Crippen molar-refractivity contribution in [2.45, 2.75) is 12.6 Å². The number of rotatable bonds is 4. The SMILES string of the molecule is FC(F)(F)c1cccc(Cl)c1Nc1nnc(CCCl)o1. The van der Waals surface area contributed by atoms with E-state index in [0.29, 0.717) is 6.42 Å². The fourth-order valence-corrected chi connectivity index (χ4v) is 1.86. The first-order valence-corrected chi connectivity index (χ1v) is 6.34. The maximum Gasteiger partial charge on any atom is 0.418 e. The molecule has 1 heterocycles. The molecule has 2 aromatic rings. The highest BCUT2D eigenvalue weighted by atomic mass is 35.5. The van der Waals surface area contributed by atoms with Crippen molar-refractivity contribution in [2.75, 3.05) is 11.2 Å². The Balaban J connectivity index is 2.32. The number of halogens is 5. The summed E-state index contributed by atoms with van der Waals surface area (Å²) < 4.78 is 43.7. The normalized spacial score (nSPS) is 11.7. The van der Waals surface area contributed by atoms with Crippen LogP contribution in [0, 0.1) is 0 Å². The molecule has 0 unspecified atom stereocenters. The number of benzene rings is 1. The van der Waals surface area contributed by atoms with Crippen LogP contribution in [0.5, 0.6) is 0 Å². The quantitative estimate of drug-likeness (QED) is 0.853. The van der Waals surface area contributed by atoms with Gasteiger partial charge in [-0.1, -0.05) is 22.8 Å². The Morgan fingerprint density at radius 1 is 1.25 bits per heavy atom. The van der Waals surface area contributed by atoms with Crippen LogP contribution in [0.3, 0.4) is 0 Å². The van der Waals surface area contributed by atoms with E-state index in [4.69, 9.17) is 27.6 Å². The topological polar surface area (TPSA) is 51.0 Å². The minimum Gasteiger partial charge on any atom is -0.408 e. The molecule has 9 heteroatoms. The lowest BCUT2D eigenvalue weighted by atomic mass is 10.1. The van der Waals surface area contributed by atoms with Crippen molar-refractivity contribution in [1.29, 1.82) is 0 Å². The van der Waals surface area contributed by atoms with Gasteiger partial charge in [-0.3, -0.25) is 0 Å². The smallest absolute Gasteiger partial charge is 0.408 e. The maximum absolute atomic E-state index is 12.9. The number of nitrogens with zero attached hydrogens (tertiary/aromatic N) is 2. The first kappa shape index (κ1) is 14.9. The summed E-state index contributed by atoms with van der Waals surface area (Å²) in [6.45, 7) is 0. The van der Waals surface area contributed by atoms with Crippen LogP contribution in [0.4, 0.5) is 24.9 Å². The third-order valence-corrected chi connectivity index (χ3v) is 2.83. The van der Waals surface area contributed by atoms with E-state index in [9.17, 15) is 13.2 Å². The molecule has 2 rings (SSSR count). The lowest BCUT2D eigenvalue weighted by Crippen LogP contribution is -2.09. The van der Waals surface area contributed by atoms with Crippen molar-refractivity contribution in [1.82, 2.24) is 10.2 Å². The molecule has 0 bridgehead atoms. The summed E-state index contributed by atoms with van der Waals surface area (Å²) in [4.78, 5) is 0. The predicted octanol–water partition coefficient (Wildman–Crippen LogP) is 4.27. The number of hydrogen-bond acceptors (Lipinski definition) is 4. The second-order valence-corrected chi connectivity index (χ2v) is 4.51. The van der Waals surface area contributed by atoms with Gasteiger partial charge in [-0.15, -0.1) is 16.7 Å². The van der Waals surface area contributed by atoms with Crippen molar-refractivity contribution in [3.8, 4) is 0 Å². The van der Waals surface area contributed by atoms with Crippen LogP contribution in [0.1, 0.15) is 11.5 Å². The van der Waals surface area contributed by atoms with Gasteiger partial charge in [0.15, 0.2) is 0 Å². The molecular formula is C11H8Cl2F3N3O. The molecule has 0 spiro atoms. The molecule has 0 atom stereocenters. The van der Waals surface area contributed by atoms with Gasteiger partial charge < -0.3 is 9.73 Å². The Morgan fingerprint density at radius 2 is 2.00 bits per heavy atom. The summed E-state index contributed by atoms with van der Waals surface area (Å²) in [5.41, 5.74) is -1.25. The predicted molar refractivity (Wildman–Crippen MR) is 68.5 cm³/mol. The first-order chi connectivity index (χ1) is 9.41. The number of alkyl halides is 4. The van der Waals surface area contributed by atoms with Crippen molar-refractivity contribution in [3.63, 3.8) is 0 Å². The number of anilines is 2. The molecule has 0 radical (unpaired) electrons. The molecule has 20 heavy (non-hydrogen) atoms. The van der Waals surface area contributed by atoms with Gasteiger partial charge in [-0.2, -0.15) is 13.2 Å². The molecule has 4 nitrogen and oxygen atoms in total. The molecule has 0 aliphatic carbocycles. The van der Waals surface area contributed by atoms with E-state index >= 15 is 0 Å². The second kappa shape index (κ2) is 5.88. The minimum absolute atomic E-state index is 0.100. The van der Waals surface area contributed by atoms with Crippen molar-refractivity contribution in [3.05, 3.63) is 34.7 Å². The van der Waals surface area contributed by atoms with Crippen LogP contribution in [-0.2, 0) is 12.6 Å². The van der Waals surface area contributed by atoms with Gasteiger partial charge in [-0.25, -0.2) is 0 Å². The van der Waals surface area contributed by atoms with Crippen LogP contribution < -0.4 is 5.32 Å². The number of hydrogen-bond donors (Lipinski definition) is 1. The number of para-hydroxylation sites is 1. The summed E-state index contributed by atoms with van der Waals surface area (Å²) >= 11 is 11.3. The molecule has 0 aliphatic rings. The Bertz CT molecular complexity index is 601.